The summed E-state index contributed by atoms with van der Waals surface area (Å²) >= 11 is 2.32. The second-order valence-electron chi connectivity index (χ2n) is 3.13. The molecule has 0 N–H and O–H groups in total. The van der Waals surface area contributed by atoms with Gasteiger partial charge in [-0.1, -0.05) is 22.6 Å². The lowest BCUT2D eigenvalue weighted by molar-refractivity contribution is -0.0774. The van der Waals surface area contributed by atoms with E-state index in [0.29, 0.717) is 16.3 Å². The molecule has 0 aromatic heterocycles. The van der Waals surface area contributed by atoms with Gasteiger partial charge in [-0.15, -0.1) is 0 Å². The van der Waals surface area contributed by atoms with E-state index in [-0.39, 0.29) is 0 Å². The maximum Gasteiger partial charge on any atom is 0.109 e. The zero-order valence-electron chi connectivity index (χ0n) is 7.05. The molecule has 0 amide bonds. The molecule has 2 nitrogen and oxygen atoms in total. The lowest BCUT2D eigenvalue weighted by Crippen LogP contribution is -2.30. The average Bonchev–Trinajstić information content (AvgIpc) is 1.93. The van der Waals surface area contributed by atoms with E-state index in [1.54, 1.807) is 0 Å². The van der Waals surface area contributed by atoms with Gasteiger partial charge in [0.25, 0.3) is 0 Å². The molecule has 0 bridgehead atoms. The standard InChI is InChI=1S/C8H15IO2/c1-6(2)11-7-3-4-8(9)10-5-7/h6-8H,3-5H2,1-2H3/t7-,8-/m0/s1. The number of hydrogen-bond acceptors (Lipinski definition) is 2. The van der Waals surface area contributed by atoms with Crippen LogP contribution in [0.1, 0.15) is 26.7 Å². The Hall–Kier alpha value is 0.650. The zero-order valence-corrected chi connectivity index (χ0v) is 9.21. The van der Waals surface area contributed by atoms with Gasteiger partial charge in [0.15, 0.2) is 0 Å². The SMILES string of the molecule is CC(C)O[C@H]1CC[C@@H](I)OC1. The molecule has 2 atom stereocenters. The molecule has 1 heterocycles. The summed E-state index contributed by atoms with van der Waals surface area (Å²) < 4.78 is 11.5. The second-order valence-corrected chi connectivity index (χ2v) is 4.52. The van der Waals surface area contributed by atoms with Crippen molar-refractivity contribution in [2.24, 2.45) is 0 Å². The van der Waals surface area contributed by atoms with E-state index < -0.39 is 0 Å². The minimum absolute atomic E-state index is 0.328. The molecule has 0 radical (unpaired) electrons. The van der Waals surface area contributed by atoms with Crippen LogP contribution in [0.5, 0.6) is 0 Å². The van der Waals surface area contributed by atoms with Gasteiger partial charge in [0.1, 0.15) is 4.11 Å². The molecule has 1 aliphatic rings. The third-order valence-electron chi connectivity index (χ3n) is 1.64. The van der Waals surface area contributed by atoms with E-state index >= 15 is 0 Å². The third-order valence-corrected chi connectivity index (χ3v) is 2.63. The monoisotopic (exact) mass is 270 g/mol. The zero-order chi connectivity index (χ0) is 8.27. The molecule has 0 aliphatic carbocycles. The number of hydrogen-bond donors (Lipinski definition) is 0. The van der Waals surface area contributed by atoms with Crippen LogP contribution in [0.25, 0.3) is 0 Å². The second kappa shape index (κ2) is 4.62. The lowest BCUT2D eigenvalue weighted by Gasteiger charge is -2.27. The Kier molecular flexibility index (Phi) is 4.09. The Balaban J connectivity index is 2.17. The minimum atomic E-state index is 0.328. The quantitative estimate of drug-likeness (QED) is 0.566. The lowest BCUT2D eigenvalue weighted by atomic mass is 10.2. The molecule has 66 valence electrons. The molecule has 1 rings (SSSR count). The summed E-state index contributed by atoms with van der Waals surface area (Å²) in [6.07, 6.45) is 2.93. The predicted molar refractivity (Wildman–Crippen MR) is 53.0 cm³/mol. The minimum Gasteiger partial charge on any atom is -0.373 e. The summed E-state index contributed by atoms with van der Waals surface area (Å²) in [4.78, 5) is 0. The highest BCUT2D eigenvalue weighted by atomic mass is 127. The van der Waals surface area contributed by atoms with Crippen molar-refractivity contribution in [3.05, 3.63) is 0 Å². The maximum atomic E-state index is 5.61. The van der Waals surface area contributed by atoms with Crippen LogP contribution in [-0.4, -0.2) is 22.9 Å². The van der Waals surface area contributed by atoms with Crippen LogP contribution in [0, 0.1) is 0 Å². The first-order chi connectivity index (χ1) is 5.18. The van der Waals surface area contributed by atoms with Gasteiger partial charge in [-0.2, -0.15) is 0 Å². The van der Waals surface area contributed by atoms with Crippen molar-refractivity contribution in [2.45, 2.75) is 43.0 Å². The molecule has 0 unspecified atom stereocenters. The van der Waals surface area contributed by atoms with E-state index in [0.717, 1.165) is 19.4 Å². The van der Waals surface area contributed by atoms with Gasteiger partial charge in [-0.25, -0.2) is 0 Å². The summed E-state index contributed by atoms with van der Waals surface area (Å²) in [5.41, 5.74) is 0. The third kappa shape index (κ3) is 3.71. The van der Waals surface area contributed by atoms with E-state index in [1.165, 1.54) is 0 Å². The fourth-order valence-corrected chi connectivity index (χ4v) is 1.75. The van der Waals surface area contributed by atoms with E-state index in [4.69, 9.17) is 9.47 Å². The van der Waals surface area contributed by atoms with Crippen molar-refractivity contribution in [1.29, 1.82) is 0 Å². The Bertz CT molecular complexity index is 109. The number of alkyl halides is 1. The molecule has 0 saturated carbocycles. The van der Waals surface area contributed by atoms with Crippen molar-refractivity contribution < 1.29 is 9.47 Å². The number of rotatable bonds is 2. The summed E-state index contributed by atoms with van der Waals surface area (Å²) in [6.45, 7) is 4.90. The van der Waals surface area contributed by atoms with Crippen LogP contribution in [0.15, 0.2) is 0 Å². The van der Waals surface area contributed by atoms with Crippen LogP contribution < -0.4 is 0 Å². The molecule has 1 saturated heterocycles. The number of halogens is 1. The van der Waals surface area contributed by atoms with E-state index in [2.05, 4.69) is 36.4 Å². The van der Waals surface area contributed by atoms with Gasteiger partial charge in [-0.3, -0.25) is 0 Å². The Morgan fingerprint density at radius 1 is 1.45 bits per heavy atom. The molecule has 0 aromatic carbocycles. The molecule has 1 fully saturated rings. The normalized spacial score (nSPS) is 32.7. The molecular formula is C8H15IO2. The van der Waals surface area contributed by atoms with E-state index in [9.17, 15) is 0 Å². The van der Waals surface area contributed by atoms with Gasteiger partial charge >= 0.3 is 0 Å². The molecule has 0 aromatic rings. The van der Waals surface area contributed by atoms with Gasteiger partial charge in [0.2, 0.25) is 0 Å². The summed E-state index contributed by atoms with van der Waals surface area (Å²) in [6, 6.07) is 0. The highest BCUT2D eigenvalue weighted by Gasteiger charge is 2.20. The van der Waals surface area contributed by atoms with Gasteiger partial charge in [0, 0.05) is 0 Å². The topological polar surface area (TPSA) is 18.5 Å². The van der Waals surface area contributed by atoms with Gasteiger partial charge in [0.05, 0.1) is 18.8 Å². The Labute approximate surface area is 81.8 Å². The largest absolute Gasteiger partial charge is 0.373 e. The number of ether oxygens (including phenoxy) is 2. The van der Waals surface area contributed by atoms with Crippen LogP contribution in [-0.2, 0) is 9.47 Å². The molecule has 11 heavy (non-hydrogen) atoms. The predicted octanol–water partition coefficient (Wildman–Crippen LogP) is 2.35. The highest BCUT2D eigenvalue weighted by molar-refractivity contribution is 14.1. The summed E-state index contributed by atoms with van der Waals surface area (Å²) in [5, 5.41) is 0. The summed E-state index contributed by atoms with van der Waals surface area (Å²) in [7, 11) is 0. The first kappa shape index (κ1) is 9.74. The van der Waals surface area contributed by atoms with Gasteiger partial charge < -0.3 is 9.47 Å². The molecular weight excluding hydrogens is 255 g/mol. The average molecular weight is 270 g/mol. The van der Waals surface area contributed by atoms with Crippen LogP contribution in [0.4, 0.5) is 0 Å². The molecule has 0 spiro atoms. The van der Waals surface area contributed by atoms with Crippen molar-refractivity contribution in [2.75, 3.05) is 6.61 Å². The maximum absolute atomic E-state index is 5.61. The Morgan fingerprint density at radius 2 is 2.18 bits per heavy atom. The van der Waals surface area contributed by atoms with Crippen LogP contribution in [0.2, 0.25) is 0 Å². The highest BCUT2D eigenvalue weighted by Crippen LogP contribution is 2.20. The van der Waals surface area contributed by atoms with E-state index in [1.807, 2.05) is 0 Å². The molecule has 1 aliphatic heterocycles. The fraction of sp³-hybridized carbons (Fsp3) is 1.00. The Morgan fingerprint density at radius 3 is 2.64 bits per heavy atom. The van der Waals surface area contributed by atoms with Crippen molar-refractivity contribution >= 4 is 22.6 Å². The smallest absolute Gasteiger partial charge is 0.109 e. The van der Waals surface area contributed by atoms with Crippen molar-refractivity contribution in [1.82, 2.24) is 0 Å². The fourth-order valence-electron chi connectivity index (χ4n) is 1.19. The molecule has 3 heteroatoms. The van der Waals surface area contributed by atoms with Crippen LogP contribution in [0.3, 0.4) is 0 Å². The first-order valence-electron chi connectivity index (χ1n) is 4.09. The summed E-state index contributed by atoms with van der Waals surface area (Å²) in [5.74, 6) is 0. The first-order valence-corrected chi connectivity index (χ1v) is 5.34. The van der Waals surface area contributed by atoms with Crippen LogP contribution >= 0.6 is 22.6 Å². The van der Waals surface area contributed by atoms with Gasteiger partial charge in [-0.05, 0) is 26.7 Å². The van der Waals surface area contributed by atoms with Crippen molar-refractivity contribution in [3.63, 3.8) is 0 Å². The van der Waals surface area contributed by atoms with Crippen molar-refractivity contribution in [3.8, 4) is 0 Å².